The van der Waals surface area contributed by atoms with Gasteiger partial charge in [-0.05, 0) is 0 Å². The van der Waals surface area contributed by atoms with E-state index in [1.807, 2.05) is 72.8 Å². The summed E-state index contributed by atoms with van der Waals surface area (Å²) >= 11 is 0. The molecule has 0 bridgehead atoms. The van der Waals surface area contributed by atoms with E-state index in [1.165, 1.54) is 0 Å². The van der Waals surface area contributed by atoms with E-state index in [9.17, 15) is 26.3 Å². The minimum absolute atomic E-state index is 0.839. The molecule has 0 aliphatic heterocycles. The zero-order valence-electron chi connectivity index (χ0n) is 14.9. The molecular formula is C16H12F6O7S2. The van der Waals surface area contributed by atoms with Crippen molar-refractivity contribution in [2.75, 3.05) is 0 Å². The van der Waals surface area contributed by atoms with Gasteiger partial charge in [0.25, 0.3) is 0 Å². The number of rotatable bonds is 1. The molecule has 0 radical (unpaired) electrons. The first-order valence-corrected chi connectivity index (χ1v) is 10.3. The molecule has 0 atom stereocenters. The molecule has 0 amide bonds. The Balaban J connectivity index is 0.000000483. The quantitative estimate of drug-likeness (QED) is 0.197. The summed E-state index contributed by atoms with van der Waals surface area (Å²) in [7, 11) is -12.2. The summed E-state index contributed by atoms with van der Waals surface area (Å²) in [5, 5.41) is 0. The van der Waals surface area contributed by atoms with Crippen molar-refractivity contribution in [2.45, 2.75) is 11.0 Å². The number of alkyl halides is 6. The minimum atomic E-state index is -6.09. The third kappa shape index (κ3) is 12.6. The molecule has 0 fully saturated rings. The summed E-state index contributed by atoms with van der Waals surface area (Å²) < 4.78 is 124. The molecule has 172 valence electrons. The summed E-state index contributed by atoms with van der Waals surface area (Å²) in [5.41, 5.74) is -10.5. The first-order chi connectivity index (χ1) is 13.9. The van der Waals surface area contributed by atoms with Crippen molar-refractivity contribution in [3.63, 3.8) is 0 Å². The van der Waals surface area contributed by atoms with Crippen LogP contribution in [0.15, 0.2) is 77.2 Å². The van der Waals surface area contributed by atoms with E-state index in [1.54, 1.807) is 0 Å². The van der Waals surface area contributed by atoms with E-state index in [4.69, 9.17) is 30.4 Å². The monoisotopic (exact) mass is 494 g/mol. The van der Waals surface area contributed by atoms with Gasteiger partial charge in [-0.15, -0.1) is 0 Å². The highest BCUT2D eigenvalue weighted by Crippen LogP contribution is 2.21. The molecule has 0 saturated heterocycles. The van der Waals surface area contributed by atoms with E-state index < -0.39 is 31.3 Å². The van der Waals surface area contributed by atoms with Crippen molar-refractivity contribution < 1.29 is 52.3 Å². The van der Waals surface area contributed by atoms with Crippen LogP contribution < -0.4 is 5.43 Å². The molecule has 31 heavy (non-hydrogen) atoms. The summed E-state index contributed by atoms with van der Waals surface area (Å²) in [6.07, 6.45) is 0. The second kappa shape index (κ2) is 11.7. The Morgan fingerprint density at radius 3 is 1.42 bits per heavy atom. The number of hydrogen-bond acceptors (Lipinski definition) is 6. The third-order valence-corrected chi connectivity index (χ3v) is 3.65. The first-order valence-electron chi connectivity index (χ1n) is 7.44. The van der Waals surface area contributed by atoms with Crippen molar-refractivity contribution >= 4 is 20.2 Å². The maximum Gasteiger partial charge on any atom is 0.485 e. The van der Waals surface area contributed by atoms with Gasteiger partial charge >= 0.3 is 22.2 Å². The normalized spacial score (nSPS) is 11.7. The molecule has 0 aliphatic rings. The topological polar surface area (TPSA) is 126 Å². The zero-order valence-corrected chi connectivity index (χ0v) is 16.5. The minimum Gasteiger partial charge on any atom is -0.741 e. The Bertz CT molecular complexity index is 1040. The van der Waals surface area contributed by atoms with Gasteiger partial charge in [-0.2, -0.15) is 30.8 Å². The molecule has 0 aliphatic carbocycles. The van der Waals surface area contributed by atoms with E-state index in [-0.39, 0.29) is 0 Å². The SMILES string of the molecule is O=S(=O)([O-])C(F)(F)F.O=S(=O)([O-])C(F)(F)F.c1cc[cH+]c([O+]=c2cccccc2)cc1. The van der Waals surface area contributed by atoms with Gasteiger partial charge in [-0.25, -0.2) is 16.8 Å². The van der Waals surface area contributed by atoms with Gasteiger partial charge in [-0.3, -0.25) is 0 Å². The van der Waals surface area contributed by atoms with Crippen LogP contribution in [-0.2, 0) is 20.2 Å². The summed E-state index contributed by atoms with van der Waals surface area (Å²) in [6.45, 7) is 0. The summed E-state index contributed by atoms with van der Waals surface area (Å²) in [6, 6.07) is 23.5. The fraction of sp³-hybridized carbons (Fsp3) is 0.125. The van der Waals surface area contributed by atoms with Crippen LogP contribution >= 0.6 is 0 Å². The Morgan fingerprint density at radius 2 is 1.03 bits per heavy atom. The van der Waals surface area contributed by atoms with Gasteiger partial charge in [-0.1, -0.05) is 24.3 Å². The van der Waals surface area contributed by atoms with Crippen LogP contribution in [0.4, 0.5) is 26.3 Å². The zero-order chi connectivity index (χ0) is 24.3. The molecule has 0 N–H and O–H groups in total. The van der Waals surface area contributed by atoms with E-state index in [0.717, 1.165) is 11.2 Å². The average Bonchev–Trinajstić information content (AvgIpc) is 2.97. The Kier molecular flexibility index (Phi) is 10.7. The lowest BCUT2D eigenvalue weighted by Gasteiger charge is -2.08. The molecule has 2 aromatic rings. The van der Waals surface area contributed by atoms with Gasteiger partial charge in [0.1, 0.15) is 12.1 Å². The van der Waals surface area contributed by atoms with Gasteiger partial charge in [0.15, 0.2) is 20.2 Å². The third-order valence-electron chi connectivity index (χ3n) is 2.51. The first kappa shape index (κ1) is 28.4. The Labute approximate surface area is 172 Å². The fourth-order valence-electron chi connectivity index (χ4n) is 1.24. The van der Waals surface area contributed by atoms with Crippen molar-refractivity contribution in [1.29, 1.82) is 0 Å². The highest BCUT2D eigenvalue weighted by Gasteiger charge is 2.37. The average molecular weight is 494 g/mol. The molecule has 7 nitrogen and oxygen atoms in total. The highest BCUT2D eigenvalue weighted by molar-refractivity contribution is 7.86. The van der Waals surface area contributed by atoms with Gasteiger partial charge < -0.3 is 9.11 Å². The molecule has 0 unspecified atom stereocenters. The predicted molar refractivity (Wildman–Crippen MR) is 94.5 cm³/mol. The summed E-state index contributed by atoms with van der Waals surface area (Å²) in [5.74, 6) is 0.839. The molecule has 15 heteroatoms. The van der Waals surface area contributed by atoms with Crippen LogP contribution in [0.25, 0.3) is 0 Å². The molecule has 2 rings (SSSR count). The van der Waals surface area contributed by atoms with Crippen molar-refractivity contribution in [2.24, 2.45) is 0 Å². The van der Waals surface area contributed by atoms with Gasteiger partial charge in [0.05, 0.1) is 6.07 Å². The number of halogens is 6. The van der Waals surface area contributed by atoms with Crippen LogP contribution in [0.5, 0.6) is 5.75 Å². The maximum absolute atomic E-state index is 10.7. The Morgan fingerprint density at radius 1 is 0.677 bits per heavy atom. The van der Waals surface area contributed by atoms with Crippen LogP contribution in [0, 0.1) is 0 Å². The molecular weight excluding hydrogens is 482 g/mol. The van der Waals surface area contributed by atoms with Crippen LogP contribution in [0.1, 0.15) is 0 Å². The molecule has 0 saturated carbocycles. The van der Waals surface area contributed by atoms with Crippen LogP contribution in [0.2, 0.25) is 0 Å². The lowest BCUT2D eigenvalue weighted by Crippen LogP contribution is -2.21. The lowest BCUT2D eigenvalue weighted by molar-refractivity contribution is -0.0522. The van der Waals surface area contributed by atoms with E-state index in [2.05, 4.69) is 0 Å². The fourth-order valence-corrected chi connectivity index (χ4v) is 1.24. The van der Waals surface area contributed by atoms with Gasteiger partial charge in [0, 0.05) is 30.3 Å². The van der Waals surface area contributed by atoms with Crippen molar-refractivity contribution in [1.82, 2.24) is 0 Å². The molecule has 0 aromatic heterocycles. The van der Waals surface area contributed by atoms with Gasteiger partial charge in [0.2, 0.25) is 0 Å². The molecule has 2 aromatic carbocycles. The van der Waals surface area contributed by atoms with Crippen LogP contribution in [0.3, 0.4) is 0 Å². The summed E-state index contributed by atoms with van der Waals surface area (Å²) in [4.78, 5) is 0. The number of hydrogen-bond donors (Lipinski definition) is 0. The maximum atomic E-state index is 10.7. The molecule has 0 spiro atoms. The van der Waals surface area contributed by atoms with E-state index in [0.29, 0.717) is 0 Å². The smallest absolute Gasteiger partial charge is 0.485 e. The second-order valence-electron chi connectivity index (χ2n) is 4.91. The van der Waals surface area contributed by atoms with Crippen molar-refractivity contribution in [3.8, 4) is 5.75 Å². The molecule has 0 heterocycles. The standard InChI is InChI=1S/C14H12O.2CHF3O3S/c1-2-6-10-13(9-5-1)15-14-11-7-3-4-8-12-14;2*2-1(3,4)8(5,6)7/h1-12H;2*(H,5,6,7)/q+2;;/p-2. The lowest BCUT2D eigenvalue weighted by atomic mass is 10.5. The highest BCUT2D eigenvalue weighted by atomic mass is 32.2. The van der Waals surface area contributed by atoms with Crippen molar-refractivity contribution in [3.05, 3.63) is 82.7 Å². The predicted octanol–water partition coefficient (Wildman–Crippen LogP) is 3.38. The Hall–Kier alpha value is -2.62. The second-order valence-corrected chi connectivity index (χ2v) is 7.66. The van der Waals surface area contributed by atoms with Crippen LogP contribution in [-0.4, -0.2) is 37.0 Å². The largest absolute Gasteiger partial charge is 0.741 e. The van der Waals surface area contributed by atoms with E-state index >= 15 is 0 Å².